The maximum Gasteiger partial charge on any atom is 0.348 e. The van der Waals surface area contributed by atoms with Gasteiger partial charge in [0.25, 0.3) is 0 Å². The molecule has 0 aliphatic rings. The molecule has 0 spiro atoms. The summed E-state index contributed by atoms with van der Waals surface area (Å²) in [6.07, 6.45) is -0.222. The lowest BCUT2D eigenvalue weighted by molar-refractivity contribution is -0.137. The van der Waals surface area contributed by atoms with E-state index in [0.717, 1.165) is 0 Å². The molecule has 2 rings (SSSR count). The number of esters is 1. The van der Waals surface area contributed by atoms with E-state index in [9.17, 15) is 9.59 Å². The molecule has 6 nitrogen and oxygen atoms in total. The van der Waals surface area contributed by atoms with Crippen molar-refractivity contribution in [2.75, 3.05) is 7.11 Å². The second kappa shape index (κ2) is 5.89. The fraction of sp³-hybridized carbons (Fsp3) is 0.231. The zero-order valence-corrected chi connectivity index (χ0v) is 11.5. The molecule has 0 aromatic carbocycles. The summed E-state index contributed by atoms with van der Waals surface area (Å²) in [5.41, 5.74) is 6.33. The summed E-state index contributed by atoms with van der Waals surface area (Å²) in [4.78, 5) is 22.6. The summed E-state index contributed by atoms with van der Waals surface area (Å²) >= 11 is 1.25. The number of hydrogen-bond donors (Lipinski definition) is 2. The van der Waals surface area contributed by atoms with Gasteiger partial charge in [0, 0.05) is 5.56 Å². The lowest BCUT2D eigenvalue weighted by Crippen LogP contribution is -2.14. The molecule has 2 heterocycles. The van der Waals surface area contributed by atoms with Crippen LogP contribution in [0.15, 0.2) is 28.0 Å². The number of carbonyl (C=O) groups excluding carboxylic acids is 1. The van der Waals surface area contributed by atoms with Crippen molar-refractivity contribution in [2.45, 2.75) is 12.5 Å². The van der Waals surface area contributed by atoms with Crippen LogP contribution >= 0.6 is 11.3 Å². The molecule has 0 saturated carbocycles. The van der Waals surface area contributed by atoms with Gasteiger partial charge in [-0.2, -0.15) is 0 Å². The van der Waals surface area contributed by atoms with Gasteiger partial charge >= 0.3 is 11.9 Å². The van der Waals surface area contributed by atoms with Crippen molar-refractivity contribution in [3.63, 3.8) is 0 Å². The number of aliphatic carboxylic acids is 1. The Bertz CT molecular complexity index is 630. The van der Waals surface area contributed by atoms with E-state index in [0.29, 0.717) is 22.0 Å². The van der Waals surface area contributed by atoms with Crippen molar-refractivity contribution in [1.82, 2.24) is 0 Å². The number of furan rings is 1. The Balaban J connectivity index is 2.27. The highest BCUT2D eigenvalue weighted by Gasteiger charge is 2.20. The number of carboxylic acid groups (broad SMARTS) is 1. The van der Waals surface area contributed by atoms with Crippen molar-refractivity contribution in [2.24, 2.45) is 5.73 Å². The predicted octanol–water partition coefficient (Wildman–Crippen LogP) is 2.27. The summed E-state index contributed by atoms with van der Waals surface area (Å²) in [7, 11) is 1.31. The highest BCUT2D eigenvalue weighted by molar-refractivity contribution is 7.12. The predicted molar refractivity (Wildman–Crippen MR) is 72.5 cm³/mol. The van der Waals surface area contributed by atoms with Crippen LogP contribution in [0.2, 0.25) is 0 Å². The first kappa shape index (κ1) is 14.3. The largest absolute Gasteiger partial charge is 0.481 e. The van der Waals surface area contributed by atoms with E-state index in [1.54, 1.807) is 23.6 Å². The van der Waals surface area contributed by atoms with E-state index in [4.69, 9.17) is 20.0 Å². The topological polar surface area (TPSA) is 103 Å². The highest BCUT2D eigenvalue weighted by atomic mass is 32.1. The zero-order chi connectivity index (χ0) is 14.7. The fourth-order valence-electron chi connectivity index (χ4n) is 1.74. The minimum absolute atomic E-state index is 0.222. The Morgan fingerprint density at radius 2 is 2.20 bits per heavy atom. The molecule has 0 bridgehead atoms. The van der Waals surface area contributed by atoms with Crippen LogP contribution in [-0.4, -0.2) is 24.2 Å². The molecule has 3 N–H and O–H groups in total. The summed E-state index contributed by atoms with van der Waals surface area (Å²) in [6, 6.07) is 4.29. The Labute approximate surface area is 118 Å². The van der Waals surface area contributed by atoms with Crippen LogP contribution < -0.4 is 5.73 Å². The summed E-state index contributed by atoms with van der Waals surface area (Å²) in [5, 5.41) is 10.5. The number of carboxylic acids is 1. The third-order valence-corrected chi connectivity index (χ3v) is 3.58. The van der Waals surface area contributed by atoms with Crippen molar-refractivity contribution >= 4 is 23.3 Å². The first-order valence-corrected chi connectivity index (χ1v) is 6.64. The average Bonchev–Trinajstić information content (AvgIpc) is 3.05. The molecule has 7 heteroatoms. The second-order valence-electron chi connectivity index (χ2n) is 4.06. The standard InChI is InChI=1S/C13H13NO5S/c1-18-13(17)12-7(4-5-20-12)9-2-3-10(19-9)8(14)6-11(15)16/h2-5,8H,6,14H2,1H3,(H,15,16). The van der Waals surface area contributed by atoms with Gasteiger partial charge in [0.05, 0.1) is 19.6 Å². The number of ether oxygens (including phenoxy) is 1. The molecule has 1 atom stereocenters. The van der Waals surface area contributed by atoms with Gasteiger partial charge in [-0.05, 0) is 23.6 Å². The minimum Gasteiger partial charge on any atom is -0.481 e. The van der Waals surface area contributed by atoms with Gasteiger partial charge in [-0.15, -0.1) is 11.3 Å². The van der Waals surface area contributed by atoms with Crippen molar-refractivity contribution in [3.8, 4) is 11.3 Å². The van der Waals surface area contributed by atoms with E-state index in [-0.39, 0.29) is 6.42 Å². The van der Waals surface area contributed by atoms with Crippen molar-refractivity contribution < 1.29 is 23.8 Å². The molecule has 106 valence electrons. The molecule has 0 aliphatic heterocycles. The third-order valence-electron chi connectivity index (χ3n) is 2.69. The average molecular weight is 295 g/mol. The quantitative estimate of drug-likeness (QED) is 0.820. The number of carbonyl (C=O) groups is 2. The summed E-state index contributed by atoms with van der Waals surface area (Å²) < 4.78 is 10.2. The van der Waals surface area contributed by atoms with Crippen LogP contribution in [0.1, 0.15) is 27.9 Å². The normalized spacial score (nSPS) is 12.1. The van der Waals surface area contributed by atoms with Crippen LogP contribution in [0.4, 0.5) is 0 Å². The molecule has 0 radical (unpaired) electrons. The Hall–Kier alpha value is -2.12. The second-order valence-corrected chi connectivity index (χ2v) is 4.98. The first-order chi connectivity index (χ1) is 9.52. The van der Waals surface area contributed by atoms with Gasteiger partial charge in [0.15, 0.2) is 0 Å². The van der Waals surface area contributed by atoms with E-state index < -0.39 is 18.0 Å². The van der Waals surface area contributed by atoms with Gasteiger partial charge in [-0.25, -0.2) is 4.79 Å². The van der Waals surface area contributed by atoms with Crippen molar-refractivity contribution in [1.29, 1.82) is 0 Å². The monoisotopic (exact) mass is 295 g/mol. The molecule has 1 unspecified atom stereocenters. The van der Waals surface area contributed by atoms with E-state index >= 15 is 0 Å². The third kappa shape index (κ3) is 2.89. The highest BCUT2D eigenvalue weighted by Crippen LogP contribution is 2.31. The van der Waals surface area contributed by atoms with Gasteiger partial charge in [-0.3, -0.25) is 4.79 Å². The summed E-state index contributed by atoms with van der Waals surface area (Å²) in [6.45, 7) is 0. The molecule has 0 aliphatic carbocycles. The maximum atomic E-state index is 11.6. The molecule has 0 fully saturated rings. The SMILES string of the molecule is COC(=O)c1sccc1-c1ccc(C(N)CC(=O)O)o1. The van der Waals surface area contributed by atoms with Gasteiger partial charge in [0.2, 0.25) is 0 Å². The molecular weight excluding hydrogens is 282 g/mol. The molecule has 2 aromatic heterocycles. The van der Waals surface area contributed by atoms with Gasteiger partial charge in [-0.1, -0.05) is 0 Å². The minimum atomic E-state index is -0.999. The van der Waals surface area contributed by atoms with Crippen LogP contribution in [0.25, 0.3) is 11.3 Å². The first-order valence-electron chi connectivity index (χ1n) is 5.76. The Morgan fingerprint density at radius 1 is 1.45 bits per heavy atom. The van der Waals surface area contributed by atoms with E-state index in [2.05, 4.69) is 0 Å². The smallest absolute Gasteiger partial charge is 0.348 e. The van der Waals surface area contributed by atoms with Crippen molar-refractivity contribution in [3.05, 3.63) is 34.2 Å². The lowest BCUT2D eigenvalue weighted by Gasteiger charge is -2.04. The fourth-order valence-corrected chi connectivity index (χ4v) is 2.56. The zero-order valence-electron chi connectivity index (χ0n) is 10.7. The molecule has 20 heavy (non-hydrogen) atoms. The van der Waals surface area contributed by atoms with Crippen LogP contribution in [-0.2, 0) is 9.53 Å². The molecule has 2 aromatic rings. The van der Waals surface area contributed by atoms with Crippen LogP contribution in [0, 0.1) is 0 Å². The van der Waals surface area contributed by atoms with Gasteiger partial charge in [0.1, 0.15) is 16.4 Å². The van der Waals surface area contributed by atoms with Crippen LogP contribution in [0.5, 0.6) is 0 Å². The number of thiophene rings is 1. The Kier molecular flexibility index (Phi) is 4.21. The van der Waals surface area contributed by atoms with E-state index in [1.807, 2.05) is 0 Å². The summed E-state index contributed by atoms with van der Waals surface area (Å²) in [5.74, 6) is -0.615. The van der Waals surface area contributed by atoms with Gasteiger partial charge < -0.3 is 20.0 Å². The van der Waals surface area contributed by atoms with Crippen LogP contribution in [0.3, 0.4) is 0 Å². The lowest BCUT2D eigenvalue weighted by atomic mass is 10.2. The molecule has 0 saturated heterocycles. The maximum absolute atomic E-state index is 11.6. The van der Waals surface area contributed by atoms with E-state index in [1.165, 1.54) is 18.4 Å². The molecule has 0 amide bonds. The Morgan fingerprint density at radius 3 is 2.85 bits per heavy atom. The number of hydrogen-bond acceptors (Lipinski definition) is 6. The molecular formula is C13H13NO5S. The number of rotatable bonds is 5. The number of nitrogens with two attached hydrogens (primary N) is 1. The number of methoxy groups -OCH3 is 1.